The largest absolute Gasteiger partial charge is 0.419 e. The summed E-state index contributed by atoms with van der Waals surface area (Å²) in [6.45, 7) is 8.83. The van der Waals surface area contributed by atoms with Gasteiger partial charge in [0, 0.05) is 36.8 Å². The zero-order valence-corrected chi connectivity index (χ0v) is 20.0. The quantitative estimate of drug-likeness (QED) is 0.551. The van der Waals surface area contributed by atoms with Crippen LogP contribution in [0.25, 0.3) is 11.5 Å². The molecular weight excluding hydrogens is 448 g/mol. The molecule has 1 aromatic heterocycles. The average Bonchev–Trinajstić information content (AvgIpc) is 3.22. The van der Waals surface area contributed by atoms with Gasteiger partial charge in [0.2, 0.25) is 21.8 Å². The number of aromatic nitrogens is 2. The van der Waals surface area contributed by atoms with Gasteiger partial charge in [0.1, 0.15) is 0 Å². The predicted octanol–water partition coefficient (Wildman–Crippen LogP) is 4.19. The minimum absolute atomic E-state index is 0.0178. The van der Waals surface area contributed by atoms with Gasteiger partial charge in [0.05, 0.1) is 11.4 Å². The van der Waals surface area contributed by atoms with Crippen LogP contribution >= 0.6 is 11.6 Å². The molecule has 0 spiro atoms. The molecule has 0 amide bonds. The van der Waals surface area contributed by atoms with Gasteiger partial charge in [-0.3, -0.25) is 4.90 Å². The number of halogens is 1. The first-order valence-electron chi connectivity index (χ1n) is 10.5. The molecule has 9 heteroatoms. The van der Waals surface area contributed by atoms with Gasteiger partial charge in [-0.1, -0.05) is 44.5 Å². The molecular formula is C23H27ClN4O3S. The summed E-state index contributed by atoms with van der Waals surface area (Å²) >= 11 is 5.92. The van der Waals surface area contributed by atoms with Crippen LogP contribution in [0.2, 0.25) is 5.02 Å². The third kappa shape index (κ3) is 5.04. The molecule has 2 aromatic carbocycles. The lowest BCUT2D eigenvalue weighted by atomic mass is 9.87. The molecule has 0 atom stereocenters. The SMILES string of the molecule is CC(C)(C)c1ccc(S(=O)(=O)N2CCN(Cc3nnc(-c4ccc(Cl)cc4)o3)CC2)cc1. The van der Waals surface area contributed by atoms with Gasteiger partial charge < -0.3 is 4.42 Å². The molecule has 3 aromatic rings. The standard InChI is InChI=1S/C23H27ClN4O3S/c1-23(2,3)18-6-10-20(11-7-18)32(29,30)28-14-12-27(13-15-28)16-21-25-26-22(31-21)17-4-8-19(24)9-5-17/h4-11H,12-16H2,1-3H3. The fraction of sp³-hybridized carbons (Fsp3) is 0.391. The smallest absolute Gasteiger partial charge is 0.247 e. The summed E-state index contributed by atoms with van der Waals surface area (Å²) in [5.41, 5.74) is 1.90. The third-order valence-corrected chi connectivity index (χ3v) is 7.77. The summed E-state index contributed by atoms with van der Waals surface area (Å²) in [5, 5.41) is 8.88. The van der Waals surface area contributed by atoms with Crippen molar-refractivity contribution in [2.24, 2.45) is 0 Å². The summed E-state index contributed by atoms with van der Waals surface area (Å²) in [6.07, 6.45) is 0. The normalized spacial score (nSPS) is 16.4. The highest BCUT2D eigenvalue weighted by molar-refractivity contribution is 7.89. The number of hydrogen-bond acceptors (Lipinski definition) is 6. The number of nitrogens with zero attached hydrogens (tertiary/aromatic N) is 4. The Kier molecular flexibility index (Phi) is 6.40. The van der Waals surface area contributed by atoms with Crippen LogP contribution < -0.4 is 0 Å². The Hall–Kier alpha value is -2.26. The zero-order chi connectivity index (χ0) is 22.9. The lowest BCUT2D eigenvalue weighted by Gasteiger charge is -2.33. The van der Waals surface area contributed by atoms with Crippen LogP contribution in [-0.2, 0) is 22.0 Å². The van der Waals surface area contributed by atoms with Crippen molar-refractivity contribution in [3.63, 3.8) is 0 Å². The molecule has 0 unspecified atom stereocenters. The third-order valence-electron chi connectivity index (χ3n) is 5.61. The van der Waals surface area contributed by atoms with Crippen molar-refractivity contribution >= 4 is 21.6 Å². The van der Waals surface area contributed by atoms with E-state index in [9.17, 15) is 8.42 Å². The van der Waals surface area contributed by atoms with Crippen LogP contribution in [0.3, 0.4) is 0 Å². The Labute approximate surface area is 194 Å². The number of benzene rings is 2. The predicted molar refractivity (Wildman–Crippen MR) is 124 cm³/mol. The lowest BCUT2D eigenvalue weighted by Crippen LogP contribution is -2.48. The van der Waals surface area contributed by atoms with E-state index in [2.05, 4.69) is 35.9 Å². The Morgan fingerprint density at radius 2 is 1.56 bits per heavy atom. The van der Waals surface area contributed by atoms with Crippen LogP contribution in [0.5, 0.6) is 0 Å². The molecule has 1 fully saturated rings. The van der Waals surface area contributed by atoms with Gasteiger partial charge in [-0.2, -0.15) is 4.31 Å². The maximum Gasteiger partial charge on any atom is 0.247 e. The number of piperazine rings is 1. The van der Waals surface area contributed by atoms with Crippen molar-refractivity contribution in [1.29, 1.82) is 0 Å². The molecule has 170 valence electrons. The molecule has 1 aliphatic rings. The van der Waals surface area contributed by atoms with Crippen LogP contribution in [0.4, 0.5) is 0 Å². The van der Waals surface area contributed by atoms with E-state index in [0.717, 1.165) is 11.1 Å². The van der Waals surface area contributed by atoms with Crippen LogP contribution in [0.1, 0.15) is 32.2 Å². The van der Waals surface area contributed by atoms with E-state index in [1.54, 1.807) is 28.6 Å². The highest BCUT2D eigenvalue weighted by atomic mass is 35.5. The molecule has 0 N–H and O–H groups in total. The van der Waals surface area contributed by atoms with Gasteiger partial charge >= 0.3 is 0 Å². The van der Waals surface area contributed by atoms with Crippen molar-refractivity contribution in [1.82, 2.24) is 19.4 Å². The minimum Gasteiger partial charge on any atom is -0.419 e. The molecule has 7 nitrogen and oxygen atoms in total. The summed E-state index contributed by atoms with van der Waals surface area (Å²) in [4.78, 5) is 2.46. The fourth-order valence-corrected chi connectivity index (χ4v) is 5.17. The van der Waals surface area contributed by atoms with Crippen molar-refractivity contribution in [3.8, 4) is 11.5 Å². The highest BCUT2D eigenvalue weighted by Crippen LogP contribution is 2.25. The van der Waals surface area contributed by atoms with E-state index in [0.29, 0.717) is 54.4 Å². The van der Waals surface area contributed by atoms with Gasteiger partial charge in [-0.15, -0.1) is 10.2 Å². The molecule has 0 bridgehead atoms. The van der Waals surface area contributed by atoms with Crippen LogP contribution in [0, 0.1) is 0 Å². The summed E-state index contributed by atoms with van der Waals surface area (Å²) in [5.74, 6) is 0.945. The van der Waals surface area contributed by atoms with Crippen molar-refractivity contribution < 1.29 is 12.8 Å². The summed E-state index contributed by atoms with van der Waals surface area (Å²) in [7, 11) is -3.51. The topological polar surface area (TPSA) is 79.5 Å². The highest BCUT2D eigenvalue weighted by Gasteiger charge is 2.29. The van der Waals surface area contributed by atoms with Crippen LogP contribution in [-0.4, -0.2) is 54.0 Å². The van der Waals surface area contributed by atoms with Crippen molar-refractivity contribution in [3.05, 3.63) is 65.0 Å². The molecule has 0 aliphatic carbocycles. The molecule has 1 aliphatic heterocycles. The number of rotatable bonds is 5. The molecule has 0 saturated carbocycles. The first-order valence-corrected chi connectivity index (χ1v) is 12.4. The van der Waals surface area contributed by atoms with E-state index < -0.39 is 10.0 Å². The lowest BCUT2D eigenvalue weighted by molar-refractivity contribution is 0.168. The average molecular weight is 475 g/mol. The van der Waals surface area contributed by atoms with E-state index >= 15 is 0 Å². The van der Waals surface area contributed by atoms with Gasteiger partial charge in [0.25, 0.3) is 0 Å². The van der Waals surface area contributed by atoms with Crippen LogP contribution in [0.15, 0.2) is 57.8 Å². The maximum atomic E-state index is 13.1. The van der Waals surface area contributed by atoms with E-state index in [4.69, 9.17) is 16.0 Å². The summed E-state index contributed by atoms with van der Waals surface area (Å²) in [6, 6.07) is 14.4. The number of sulfonamides is 1. The Morgan fingerprint density at radius 3 is 2.16 bits per heavy atom. The zero-order valence-electron chi connectivity index (χ0n) is 18.5. The fourth-order valence-electron chi connectivity index (χ4n) is 3.62. The van der Waals surface area contributed by atoms with Gasteiger partial charge in [-0.05, 0) is 47.4 Å². The maximum absolute atomic E-state index is 13.1. The molecule has 32 heavy (non-hydrogen) atoms. The molecule has 2 heterocycles. The van der Waals surface area contributed by atoms with Crippen molar-refractivity contribution in [2.75, 3.05) is 26.2 Å². The molecule has 4 rings (SSSR count). The second-order valence-corrected chi connectivity index (χ2v) is 11.3. The molecule has 0 radical (unpaired) electrons. The van der Waals surface area contributed by atoms with Crippen molar-refractivity contribution in [2.45, 2.75) is 37.6 Å². The monoisotopic (exact) mass is 474 g/mol. The second-order valence-electron chi connectivity index (χ2n) is 8.96. The summed E-state index contributed by atoms with van der Waals surface area (Å²) < 4.78 is 33.4. The van der Waals surface area contributed by atoms with Gasteiger partial charge in [-0.25, -0.2) is 8.42 Å². The Morgan fingerprint density at radius 1 is 0.938 bits per heavy atom. The van der Waals surface area contributed by atoms with E-state index in [1.807, 2.05) is 24.3 Å². The van der Waals surface area contributed by atoms with E-state index in [-0.39, 0.29) is 5.41 Å². The molecule has 1 saturated heterocycles. The van der Waals surface area contributed by atoms with E-state index in [1.165, 1.54) is 0 Å². The Bertz CT molecular complexity index is 1160. The van der Waals surface area contributed by atoms with Gasteiger partial charge in [0.15, 0.2) is 0 Å². The first-order chi connectivity index (χ1) is 15.1. The number of hydrogen-bond donors (Lipinski definition) is 0. The second kappa shape index (κ2) is 8.94. The Balaban J connectivity index is 1.36. The first kappa shape index (κ1) is 22.9. The minimum atomic E-state index is -3.51.